The van der Waals surface area contributed by atoms with Crippen molar-refractivity contribution in [3.8, 4) is 0 Å². The van der Waals surface area contributed by atoms with Crippen molar-refractivity contribution in [3.63, 3.8) is 0 Å². The molecule has 0 aromatic rings. The summed E-state index contributed by atoms with van der Waals surface area (Å²) >= 11 is 0. The normalized spacial score (nSPS) is 19.4. The number of unbranched alkanes of at least 4 members (excludes halogenated alkanes) is 4. The van der Waals surface area contributed by atoms with E-state index < -0.39 is 0 Å². The highest BCUT2D eigenvalue weighted by Gasteiger charge is 2.21. The summed E-state index contributed by atoms with van der Waals surface area (Å²) in [5.41, 5.74) is 0. The van der Waals surface area contributed by atoms with Crippen LogP contribution in [0.2, 0.25) is 0 Å². The minimum atomic E-state index is 0.0512. The maximum absolute atomic E-state index is 13.0. The molecule has 0 saturated heterocycles. The third-order valence-corrected chi connectivity index (χ3v) is 12.2. The van der Waals surface area contributed by atoms with E-state index in [1.165, 1.54) is 116 Å². The highest BCUT2D eigenvalue weighted by atomic mass is 16.5. The third-order valence-electron chi connectivity index (χ3n) is 12.2. The maximum atomic E-state index is 13.0. The minimum absolute atomic E-state index is 0.0512. The molecule has 2 aliphatic rings. The number of ether oxygens (including phenoxy) is 3. The molecule has 2 fully saturated rings. The van der Waals surface area contributed by atoms with Crippen LogP contribution in [0.1, 0.15) is 218 Å². The lowest BCUT2D eigenvalue weighted by atomic mass is 9.93. The zero-order valence-electron chi connectivity index (χ0n) is 35.0. The standard InChI is InChI=1S/C46H87NO6/c1-47(36-40-51-41-37-48)44(34-26-20-28-38-52-45(49)42-30-22-16-12-8-4-2-5-9-13-17-23-31-42)35-27-21-29-39-53-46(50)43-32-24-18-14-10-6-3-7-11-15-19-25-33-43/h42-44,48H,2-41H2,1H3. The van der Waals surface area contributed by atoms with Crippen molar-refractivity contribution in [1.29, 1.82) is 0 Å². The average molecular weight is 750 g/mol. The second kappa shape index (κ2) is 35.2. The fourth-order valence-corrected chi connectivity index (χ4v) is 8.55. The summed E-state index contributed by atoms with van der Waals surface area (Å²) in [6, 6.07) is 0.465. The lowest BCUT2D eigenvalue weighted by Gasteiger charge is -2.28. The summed E-state index contributed by atoms with van der Waals surface area (Å²) in [4.78, 5) is 28.5. The molecule has 0 amide bonds. The van der Waals surface area contributed by atoms with Crippen molar-refractivity contribution < 1.29 is 28.9 Å². The van der Waals surface area contributed by atoms with Crippen LogP contribution in [-0.4, -0.2) is 74.6 Å². The first-order chi connectivity index (χ1) is 26.1. The molecule has 2 aliphatic carbocycles. The molecule has 0 aromatic heterocycles. The van der Waals surface area contributed by atoms with Crippen molar-refractivity contribution >= 4 is 11.9 Å². The Morgan fingerprint density at radius 3 is 1.17 bits per heavy atom. The topological polar surface area (TPSA) is 85.3 Å². The highest BCUT2D eigenvalue weighted by molar-refractivity contribution is 5.72. The monoisotopic (exact) mass is 750 g/mol. The molecule has 7 nitrogen and oxygen atoms in total. The van der Waals surface area contributed by atoms with Gasteiger partial charge in [-0.2, -0.15) is 0 Å². The molecule has 2 rings (SSSR count). The number of aliphatic hydroxyl groups excluding tert-OH is 1. The zero-order valence-corrected chi connectivity index (χ0v) is 35.0. The van der Waals surface area contributed by atoms with Crippen molar-refractivity contribution in [2.45, 2.75) is 224 Å². The molecular formula is C46H87NO6. The zero-order chi connectivity index (χ0) is 37.9. The molecule has 0 atom stereocenters. The van der Waals surface area contributed by atoms with Crippen molar-refractivity contribution in [3.05, 3.63) is 0 Å². The van der Waals surface area contributed by atoms with Crippen LogP contribution in [0.4, 0.5) is 0 Å². The van der Waals surface area contributed by atoms with E-state index in [0.717, 1.165) is 109 Å². The van der Waals surface area contributed by atoms with Crippen LogP contribution in [0.3, 0.4) is 0 Å². The summed E-state index contributed by atoms with van der Waals surface area (Å²) in [6.07, 6.45) is 41.0. The molecule has 0 bridgehead atoms. The largest absolute Gasteiger partial charge is 0.465 e. The van der Waals surface area contributed by atoms with Gasteiger partial charge >= 0.3 is 11.9 Å². The first-order valence-corrected chi connectivity index (χ1v) is 23.3. The van der Waals surface area contributed by atoms with Gasteiger partial charge in [-0.1, -0.05) is 167 Å². The van der Waals surface area contributed by atoms with E-state index in [4.69, 9.17) is 19.3 Å². The summed E-state index contributed by atoms with van der Waals surface area (Å²) < 4.78 is 17.3. The molecule has 0 spiro atoms. The van der Waals surface area contributed by atoms with E-state index in [0.29, 0.717) is 32.5 Å². The number of hydrogen-bond acceptors (Lipinski definition) is 7. The van der Waals surface area contributed by atoms with Crippen LogP contribution in [0.15, 0.2) is 0 Å². The Balaban J connectivity index is 1.68. The van der Waals surface area contributed by atoms with E-state index in [1.54, 1.807) is 0 Å². The molecule has 0 radical (unpaired) electrons. The number of hydrogen-bond donors (Lipinski definition) is 1. The third kappa shape index (κ3) is 27.1. The number of nitrogens with zero attached hydrogens (tertiary/aromatic N) is 1. The molecular weight excluding hydrogens is 663 g/mol. The second-order valence-corrected chi connectivity index (χ2v) is 16.8. The van der Waals surface area contributed by atoms with Gasteiger partial charge in [-0.15, -0.1) is 0 Å². The molecule has 0 unspecified atom stereocenters. The first kappa shape index (κ1) is 48.0. The summed E-state index contributed by atoms with van der Waals surface area (Å²) in [5.74, 6) is 0.282. The Labute approximate surface area is 327 Å². The number of esters is 2. The molecule has 2 saturated carbocycles. The van der Waals surface area contributed by atoms with E-state index in [-0.39, 0.29) is 30.4 Å². The van der Waals surface area contributed by atoms with E-state index >= 15 is 0 Å². The van der Waals surface area contributed by atoms with Crippen LogP contribution in [0.5, 0.6) is 0 Å². The van der Waals surface area contributed by atoms with Gasteiger partial charge in [0.2, 0.25) is 0 Å². The number of carbonyl (C=O) groups excluding carboxylic acids is 2. The SMILES string of the molecule is CN(CCOCCO)C(CCCCCOC(=O)C1CCCCCCCCCCCCC1)CCCCCOC(=O)C1CCCCCCCCCCCCC1. The Morgan fingerprint density at radius 1 is 0.491 bits per heavy atom. The van der Waals surface area contributed by atoms with Crippen molar-refractivity contribution in [2.75, 3.05) is 46.6 Å². The Morgan fingerprint density at radius 2 is 0.830 bits per heavy atom. The fraction of sp³-hybridized carbons (Fsp3) is 0.957. The van der Waals surface area contributed by atoms with Gasteiger partial charge in [-0.05, 0) is 58.4 Å². The molecule has 0 aromatic carbocycles. The first-order valence-electron chi connectivity index (χ1n) is 23.3. The predicted molar refractivity (Wildman–Crippen MR) is 220 cm³/mol. The molecule has 7 heteroatoms. The van der Waals surface area contributed by atoms with Crippen molar-refractivity contribution in [2.24, 2.45) is 11.8 Å². The number of carbonyl (C=O) groups is 2. The number of likely N-dealkylation sites (N-methyl/N-ethyl adjacent to an activating group) is 1. The van der Waals surface area contributed by atoms with Crippen LogP contribution < -0.4 is 0 Å². The van der Waals surface area contributed by atoms with Gasteiger partial charge in [0, 0.05) is 12.6 Å². The van der Waals surface area contributed by atoms with E-state index in [9.17, 15) is 9.59 Å². The summed E-state index contributed by atoms with van der Waals surface area (Å²) in [6.45, 7) is 3.01. The average Bonchev–Trinajstić information content (AvgIpc) is 3.16. The number of rotatable bonds is 20. The van der Waals surface area contributed by atoms with Gasteiger partial charge in [0.25, 0.3) is 0 Å². The summed E-state index contributed by atoms with van der Waals surface area (Å²) in [7, 11) is 2.19. The Hall–Kier alpha value is -1.18. The Kier molecular flexibility index (Phi) is 31.9. The van der Waals surface area contributed by atoms with Crippen LogP contribution in [-0.2, 0) is 23.8 Å². The molecule has 312 valence electrons. The smallest absolute Gasteiger partial charge is 0.308 e. The van der Waals surface area contributed by atoms with Crippen LogP contribution in [0.25, 0.3) is 0 Å². The summed E-state index contributed by atoms with van der Waals surface area (Å²) in [5, 5.41) is 9.09. The van der Waals surface area contributed by atoms with Crippen LogP contribution >= 0.6 is 0 Å². The van der Waals surface area contributed by atoms with E-state index in [2.05, 4.69) is 11.9 Å². The lowest BCUT2D eigenvalue weighted by molar-refractivity contribution is -0.150. The fourth-order valence-electron chi connectivity index (χ4n) is 8.55. The minimum Gasteiger partial charge on any atom is -0.465 e. The van der Waals surface area contributed by atoms with Gasteiger partial charge in [-0.25, -0.2) is 0 Å². The van der Waals surface area contributed by atoms with E-state index in [1.807, 2.05) is 0 Å². The Bertz CT molecular complexity index is 753. The van der Waals surface area contributed by atoms with Crippen LogP contribution in [0, 0.1) is 11.8 Å². The van der Waals surface area contributed by atoms with Gasteiger partial charge in [0.05, 0.1) is 44.9 Å². The van der Waals surface area contributed by atoms with Gasteiger partial charge in [0.1, 0.15) is 0 Å². The lowest BCUT2D eigenvalue weighted by Crippen LogP contribution is -2.34. The van der Waals surface area contributed by atoms with Crippen molar-refractivity contribution in [1.82, 2.24) is 4.90 Å². The molecule has 0 aliphatic heterocycles. The molecule has 53 heavy (non-hydrogen) atoms. The number of aliphatic hydroxyl groups is 1. The van der Waals surface area contributed by atoms with Gasteiger partial charge in [-0.3, -0.25) is 9.59 Å². The highest BCUT2D eigenvalue weighted by Crippen LogP contribution is 2.24. The molecule has 1 N–H and O–H groups in total. The van der Waals surface area contributed by atoms with Gasteiger partial charge < -0.3 is 24.2 Å². The van der Waals surface area contributed by atoms with Gasteiger partial charge in [0.15, 0.2) is 0 Å². The molecule has 0 heterocycles. The quantitative estimate of drug-likeness (QED) is 0.0979. The predicted octanol–water partition coefficient (Wildman–Crippen LogP) is 11.9. The maximum Gasteiger partial charge on any atom is 0.308 e. The second-order valence-electron chi connectivity index (χ2n) is 16.8.